The first-order valence-electron chi connectivity index (χ1n) is 10.1. The molecule has 2 rings (SSSR count). The lowest BCUT2D eigenvalue weighted by atomic mass is 10.1. The number of barbiturate groups is 1. The second kappa shape index (κ2) is 10.5. The van der Waals surface area contributed by atoms with Crippen molar-refractivity contribution in [3.05, 3.63) is 41.5 Å². The lowest BCUT2D eigenvalue weighted by Gasteiger charge is -2.33. The van der Waals surface area contributed by atoms with Gasteiger partial charge in [0.25, 0.3) is 11.8 Å². The van der Waals surface area contributed by atoms with Gasteiger partial charge in [-0.25, -0.2) is 4.79 Å². The van der Waals surface area contributed by atoms with Crippen LogP contribution in [0.15, 0.2) is 35.9 Å². The lowest BCUT2D eigenvalue weighted by molar-refractivity contribution is -0.136. The number of nitrogens with zero attached hydrogens (tertiary/aromatic N) is 3. The van der Waals surface area contributed by atoms with E-state index in [0.29, 0.717) is 25.9 Å². The summed E-state index contributed by atoms with van der Waals surface area (Å²) in [6.45, 7) is 4.59. The largest absolute Gasteiger partial charge is 0.378 e. The molecule has 1 aliphatic rings. The van der Waals surface area contributed by atoms with E-state index >= 15 is 0 Å². The van der Waals surface area contributed by atoms with Crippen molar-refractivity contribution >= 4 is 23.5 Å². The highest BCUT2D eigenvalue weighted by Crippen LogP contribution is 2.19. The molecule has 1 heterocycles. The van der Waals surface area contributed by atoms with Crippen molar-refractivity contribution in [1.82, 2.24) is 9.80 Å². The summed E-state index contributed by atoms with van der Waals surface area (Å²) >= 11 is 0. The van der Waals surface area contributed by atoms with Crippen LogP contribution >= 0.6 is 0 Å². The molecule has 1 fully saturated rings. The maximum Gasteiger partial charge on any atom is 0.333 e. The van der Waals surface area contributed by atoms with Gasteiger partial charge in [0.2, 0.25) is 0 Å². The minimum Gasteiger partial charge on any atom is -0.378 e. The van der Waals surface area contributed by atoms with Crippen molar-refractivity contribution in [2.75, 3.05) is 32.1 Å². The molecule has 0 N–H and O–H groups in total. The van der Waals surface area contributed by atoms with E-state index in [0.717, 1.165) is 24.1 Å². The molecule has 29 heavy (non-hydrogen) atoms. The van der Waals surface area contributed by atoms with Gasteiger partial charge in [-0.05, 0) is 37.1 Å². The summed E-state index contributed by atoms with van der Waals surface area (Å²) in [6, 6.07) is 7.15. The summed E-state index contributed by atoms with van der Waals surface area (Å²) in [6.07, 6.45) is 4.44. The summed E-state index contributed by atoms with van der Waals surface area (Å²) in [5, 5.41) is 0. The number of anilines is 1. The molecule has 0 spiro atoms. The first kappa shape index (κ1) is 22.2. The molecular weight excluding hydrogens is 366 g/mol. The zero-order valence-electron chi connectivity index (χ0n) is 17.7. The van der Waals surface area contributed by atoms with E-state index in [-0.39, 0.29) is 5.57 Å². The third-order valence-corrected chi connectivity index (χ3v) is 4.70. The fraction of sp³-hybridized carbons (Fsp3) is 0.435. The van der Waals surface area contributed by atoms with Gasteiger partial charge in [-0.2, -0.15) is 0 Å². The van der Waals surface area contributed by atoms with Gasteiger partial charge in [-0.1, -0.05) is 38.5 Å². The van der Waals surface area contributed by atoms with Crippen molar-refractivity contribution in [3.63, 3.8) is 0 Å². The second-order valence-corrected chi connectivity index (χ2v) is 7.17. The molecule has 1 aromatic rings. The summed E-state index contributed by atoms with van der Waals surface area (Å²) < 4.78 is 0. The monoisotopic (exact) mass is 395 g/mol. The first-order chi connectivity index (χ1) is 13.9. The molecule has 1 saturated heterocycles. The SMILES string of the molecule is CCCCN1C(=O)C(=CC#Cc2ccc(N(C)C)cc2)C(=O)N(CCCC)C1=O. The maximum absolute atomic E-state index is 12.7. The molecule has 1 aliphatic heterocycles. The van der Waals surface area contributed by atoms with Gasteiger partial charge in [0, 0.05) is 44.5 Å². The van der Waals surface area contributed by atoms with Gasteiger partial charge < -0.3 is 4.90 Å². The van der Waals surface area contributed by atoms with E-state index in [9.17, 15) is 14.4 Å². The number of allylic oxidation sites excluding steroid dienone is 1. The van der Waals surface area contributed by atoms with Crippen LogP contribution in [0.3, 0.4) is 0 Å². The number of carbonyl (C=O) groups is 3. The Labute approximate surface area is 173 Å². The van der Waals surface area contributed by atoms with Gasteiger partial charge in [0.15, 0.2) is 0 Å². The molecule has 0 saturated carbocycles. The van der Waals surface area contributed by atoms with E-state index in [1.165, 1.54) is 15.9 Å². The van der Waals surface area contributed by atoms with Gasteiger partial charge in [-0.15, -0.1) is 0 Å². The highest BCUT2D eigenvalue weighted by Gasteiger charge is 2.41. The average Bonchev–Trinajstić information content (AvgIpc) is 2.71. The standard InChI is InChI=1S/C23H29N3O3/c1-5-7-16-25-21(27)20(22(28)26(23(25)29)17-8-6-2)11-9-10-18-12-14-19(15-13-18)24(3)4/h11-15H,5-8,16-17H2,1-4H3. The van der Waals surface area contributed by atoms with Crippen LogP contribution in [0.4, 0.5) is 10.5 Å². The third kappa shape index (κ3) is 5.47. The van der Waals surface area contributed by atoms with E-state index in [1.807, 2.05) is 57.1 Å². The van der Waals surface area contributed by atoms with E-state index in [4.69, 9.17) is 0 Å². The third-order valence-electron chi connectivity index (χ3n) is 4.70. The van der Waals surface area contributed by atoms with Gasteiger partial charge in [0.1, 0.15) is 5.57 Å². The van der Waals surface area contributed by atoms with Crippen molar-refractivity contribution < 1.29 is 14.4 Å². The molecule has 6 nitrogen and oxygen atoms in total. The summed E-state index contributed by atoms with van der Waals surface area (Å²) in [5.41, 5.74) is 1.79. The van der Waals surface area contributed by atoms with Crippen LogP contribution in [-0.4, -0.2) is 54.8 Å². The van der Waals surface area contributed by atoms with Crippen molar-refractivity contribution in [2.24, 2.45) is 0 Å². The zero-order valence-corrected chi connectivity index (χ0v) is 17.7. The number of imide groups is 2. The highest BCUT2D eigenvalue weighted by atomic mass is 16.2. The van der Waals surface area contributed by atoms with Crippen LogP contribution in [0.2, 0.25) is 0 Å². The van der Waals surface area contributed by atoms with Crippen LogP contribution in [-0.2, 0) is 9.59 Å². The molecule has 0 unspecified atom stereocenters. The van der Waals surface area contributed by atoms with E-state index in [2.05, 4.69) is 11.8 Å². The number of hydrogen-bond acceptors (Lipinski definition) is 4. The predicted octanol–water partition coefficient (Wildman–Crippen LogP) is 3.42. The summed E-state index contributed by atoms with van der Waals surface area (Å²) in [5.74, 6) is 4.66. The van der Waals surface area contributed by atoms with E-state index in [1.54, 1.807) is 0 Å². The number of carbonyl (C=O) groups excluding carboxylic acids is 3. The van der Waals surface area contributed by atoms with Crippen molar-refractivity contribution in [3.8, 4) is 11.8 Å². The molecule has 0 bridgehead atoms. The Balaban J connectivity index is 2.29. The first-order valence-corrected chi connectivity index (χ1v) is 10.1. The molecule has 4 amide bonds. The predicted molar refractivity (Wildman–Crippen MR) is 114 cm³/mol. The second-order valence-electron chi connectivity index (χ2n) is 7.17. The van der Waals surface area contributed by atoms with Gasteiger partial charge in [-0.3, -0.25) is 19.4 Å². The minimum absolute atomic E-state index is 0.0470. The molecular formula is C23H29N3O3. The highest BCUT2D eigenvalue weighted by molar-refractivity contribution is 6.28. The van der Waals surface area contributed by atoms with E-state index < -0.39 is 17.8 Å². The molecule has 1 aromatic carbocycles. The maximum atomic E-state index is 12.7. The molecule has 154 valence electrons. The molecule has 0 aromatic heterocycles. The Bertz CT molecular complexity index is 812. The number of urea groups is 1. The Hall–Kier alpha value is -3.07. The fourth-order valence-corrected chi connectivity index (χ4v) is 2.89. The Morgan fingerprint density at radius 2 is 1.41 bits per heavy atom. The number of benzene rings is 1. The number of hydrogen-bond donors (Lipinski definition) is 0. The normalized spacial score (nSPS) is 14.1. The van der Waals surface area contributed by atoms with Crippen molar-refractivity contribution in [1.29, 1.82) is 0 Å². The lowest BCUT2D eigenvalue weighted by Crippen LogP contribution is -2.56. The Morgan fingerprint density at radius 3 is 1.86 bits per heavy atom. The van der Waals surface area contributed by atoms with Gasteiger partial charge >= 0.3 is 6.03 Å². The number of unbranched alkanes of at least 4 members (excludes halogenated alkanes) is 2. The fourth-order valence-electron chi connectivity index (χ4n) is 2.89. The quantitative estimate of drug-likeness (QED) is 0.403. The average molecular weight is 396 g/mol. The number of amides is 4. The number of rotatable bonds is 7. The topological polar surface area (TPSA) is 60.9 Å². The summed E-state index contributed by atoms with van der Waals surface area (Å²) in [4.78, 5) is 42.5. The van der Waals surface area contributed by atoms with Crippen LogP contribution in [0.5, 0.6) is 0 Å². The smallest absolute Gasteiger partial charge is 0.333 e. The van der Waals surface area contributed by atoms with Crippen LogP contribution in [0.1, 0.15) is 45.1 Å². The van der Waals surface area contributed by atoms with Crippen LogP contribution in [0.25, 0.3) is 0 Å². The van der Waals surface area contributed by atoms with Crippen LogP contribution in [0, 0.1) is 11.8 Å². The summed E-state index contributed by atoms with van der Waals surface area (Å²) in [7, 11) is 3.92. The van der Waals surface area contributed by atoms with Gasteiger partial charge in [0.05, 0.1) is 0 Å². The molecule has 0 radical (unpaired) electrons. The zero-order chi connectivity index (χ0) is 21.4. The molecule has 0 atom stereocenters. The molecule has 0 aliphatic carbocycles. The van der Waals surface area contributed by atoms with Crippen molar-refractivity contribution in [2.45, 2.75) is 39.5 Å². The Kier molecular flexibility index (Phi) is 8.02. The minimum atomic E-state index is -0.557. The molecule has 6 heteroatoms. The Morgan fingerprint density at radius 1 is 0.897 bits per heavy atom. The van der Waals surface area contributed by atoms with Crippen LogP contribution < -0.4 is 4.90 Å².